The van der Waals surface area contributed by atoms with Gasteiger partial charge in [-0.05, 0) is 84.2 Å². The highest BCUT2D eigenvalue weighted by molar-refractivity contribution is 7.12. The van der Waals surface area contributed by atoms with Crippen LogP contribution in [-0.2, 0) is 18.1 Å². The van der Waals surface area contributed by atoms with Gasteiger partial charge in [-0.1, -0.05) is 24.3 Å². The number of nitrogens with zero attached hydrogens (tertiary/aromatic N) is 3. The fourth-order valence-corrected chi connectivity index (χ4v) is 5.60. The molecule has 192 valence electrons. The number of carbonyl (C=O) groups excluding carboxylic acids is 1. The predicted molar refractivity (Wildman–Crippen MR) is 130 cm³/mol. The van der Waals surface area contributed by atoms with E-state index < -0.39 is 22.6 Å². The van der Waals surface area contributed by atoms with E-state index in [4.69, 9.17) is 0 Å². The number of nitrogens with one attached hydrogen (secondary N) is 2. The molecule has 0 spiro atoms. The number of carbonyl (C=O) groups is 1. The van der Waals surface area contributed by atoms with Gasteiger partial charge < -0.3 is 15.7 Å². The third-order valence-electron chi connectivity index (χ3n) is 6.67. The third-order valence-corrected chi connectivity index (χ3v) is 7.73. The number of amides is 1. The summed E-state index contributed by atoms with van der Waals surface area (Å²) in [5.74, 6) is -0.316. The molecule has 1 amide bonds. The summed E-state index contributed by atoms with van der Waals surface area (Å²) in [5.41, 5.74) is 2.07. The lowest BCUT2D eigenvalue weighted by Crippen LogP contribution is -3.05. The summed E-state index contributed by atoms with van der Waals surface area (Å²) >= 11 is 1.48. The lowest BCUT2D eigenvalue weighted by Gasteiger charge is -2.19. The normalized spacial score (nSPS) is 18.4. The van der Waals surface area contributed by atoms with E-state index in [1.165, 1.54) is 23.5 Å². The Balaban J connectivity index is 1.36. The Morgan fingerprint density at radius 2 is 1.76 bits per heavy atom. The number of benzene rings is 2. The zero-order valence-corrected chi connectivity index (χ0v) is 20.7. The Labute approximate surface area is 213 Å². The highest BCUT2D eigenvalue weighted by Crippen LogP contribution is 2.46. The van der Waals surface area contributed by atoms with Crippen molar-refractivity contribution in [2.24, 2.45) is 10.3 Å². The van der Waals surface area contributed by atoms with Crippen LogP contribution in [-0.4, -0.2) is 16.6 Å². The Hall–Kier alpha value is -3.61. The van der Waals surface area contributed by atoms with E-state index in [0.717, 1.165) is 45.9 Å². The molecule has 2 aliphatic rings. The zero-order chi connectivity index (χ0) is 26.5. The molecule has 1 fully saturated rings. The van der Waals surface area contributed by atoms with Gasteiger partial charge in [-0.15, -0.1) is 11.3 Å². The Morgan fingerprint density at radius 3 is 2.30 bits per heavy atom. The van der Waals surface area contributed by atoms with Crippen LogP contribution in [0.5, 0.6) is 0 Å². The second kappa shape index (κ2) is 9.05. The van der Waals surface area contributed by atoms with E-state index in [-0.39, 0.29) is 16.6 Å². The molecule has 12 heteroatoms. The van der Waals surface area contributed by atoms with Crippen molar-refractivity contribution in [1.82, 2.24) is 5.32 Å². The average molecular weight is 530 g/mol. The van der Waals surface area contributed by atoms with E-state index in [0.29, 0.717) is 23.1 Å². The summed E-state index contributed by atoms with van der Waals surface area (Å²) in [6, 6.07) is 11.9. The number of hydrogen-bond donors (Lipinski definition) is 2. The van der Waals surface area contributed by atoms with Crippen molar-refractivity contribution >= 4 is 23.1 Å². The van der Waals surface area contributed by atoms with Crippen molar-refractivity contribution in [1.29, 1.82) is 0 Å². The van der Waals surface area contributed by atoms with E-state index >= 15 is 0 Å². The molecule has 2 aromatic carbocycles. The van der Waals surface area contributed by atoms with Gasteiger partial charge in [0, 0.05) is 9.75 Å². The van der Waals surface area contributed by atoms with Gasteiger partial charge in [0.15, 0.2) is 5.22 Å². The Bertz CT molecular complexity index is 1430. The quantitative estimate of drug-likeness (QED) is 0.367. The number of quaternary nitrogens is 1. The third kappa shape index (κ3) is 4.75. The number of aryl methyl sites for hydroxylation is 2. The number of thiophene rings is 1. The minimum absolute atomic E-state index is 0.0808. The summed E-state index contributed by atoms with van der Waals surface area (Å²) < 4.78 is 38.8. The lowest BCUT2D eigenvalue weighted by molar-refractivity contribution is -1.29. The van der Waals surface area contributed by atoms with Crippen LogP contribution in [0.2, 0.25) is 0 Å². The molecule has 1 atom stereocenters. The molecule has 1 aliphatic carbocycles. The van der Waals surface area contributed by atoms with Crippen LogP contribution in [0.15, 0.2) is 58.9 Å². The lowest BCUT2D eigenvalue weighted by atomic mass is 9.97. The largest absolute Gasteiger partial charge is 0.664 e. The fourth-order valence-electron chi connectivity index (χ4n) is 4.52. The first-order valence-electron chi connectivity index (χ1n) is 11.5. The molecule has 0 saturated heterocycles. The summed E-state index contributed by atoms with van der Waals surface area (Å²) in [5, 5.41) is 32.2. The molecule has 1 aliphatic heterocycles. The molecular weight excluding hydrogens is 507 g/mol. The van der Waals surface area contributed by atoms with Crippen LogP contribution in [0.3, 0.4) is 0 Å². The van der Waals surface area contributed by atoms with Gasteiger partial charge in [-0.25, -0.2) is 0 Å². The summed E-state index contributed by atoms with van der Waals surface area (Å²) in [7, 11) is 0. The van der Waals surface area contributed by atoms with Crippen molar-refractivity contribution in [3.8, 4) is 0 Å². The molecule has 1 aromatic heterocycles. The molecule has 8 nitrogen and oxygen atoms in total. The maximum atomic E-state index is 13.5. The SMILES string of the molecule is Cc1sc(C)c(C(=O)NC2(c3ccc(C4=[N+]([O-])[NH+]([O-])N=N4)cc3)CC2)c1Cc1ccc(C(F)(F)F)cc1. The standard InChI is InChI=1S/C25H22F3N5O3S/c1-14-20(13-16-3-7-19(8-4-16)25(26,27)28)21(15(2)37-14)23(34)29-24(11-12-24)18-9-5-17(6-10-18)22-30-31-33(36)32(22)35/h3-10,33H,11-13H2,1-2H3,(H,29,34). The molecule has 2 heterocycles. The molecule has 5 rings (SSSR count). The smallest absolute Gasteiger partial charge is 0.416 e. The summed E-state index contributed by atoms with van der Waals surface area (Å²) in [6.45, 7) is 3.77. The van der Waals surface area contributed by atoms with Crippen LogP contribution >= 0.6 is 11.3 Å². The monoisotopic (exact) mass is 529 g/mol. The average Bonchev–Trinajstić information content (AvgIpc) is 3.47. The van der Waals surface area contributed by atoms with Crippen molar-refractivity contribution in [2.75, 3.05) is 0 Å². The van der Waals surface area contributed by atoms with Gasteiger partial charge in [-0.3, -0.25) is 4.79 Å². The maximum absolute atomic E-state index is 13.5. The number of hydrogen-bond acceptors (Lipinski definition) is 6. The molecule has 0 radical (unpaired) electrons. The number of amidine groups is 1. The van der Waals surface area contributed by atoms with Crippen LogP contribution in [0.4, 0.5) is 13.2 Å². The second-order valence-corrected chi connectivity index (χ2v) is 10.6. The zero-order valence-electron chi connectivity index (χ0n) is 19.8. The topological polar surface area (TPSA) is 107 Å². The van der Waals surface area contributed by atoms with Gasteiger partial charge in [-0.2, -0.15) is 13.2 Å². The summed E-state index contributed by atoms with van der Waals surface area (Å²) in [4.78, 5) is 15.4. The number of rotatable bonds is 6. The van der Waals surface area contributed by atoms with Crippen LogP contribution in [0, 0.1) is 24.3 Å². The molecule has 3 aromatic rings. The molecule has 2 N–H and O–H groups in total. The van der Waals surface area contributed by atoms with Gasteiger partial charge >= 0.3 is 12.0 Å². The van der Waals surface area contributed by atoms with Crippen molar-refractivity contribution in [2.45, 2.75) is 44.8 Å². The highest BCUT2D eigenvalue weighted by Gasteiger charge is 2.46. The minimum Gasteiger partial charge on any atom is -0.664 e. The Kier molecular flexibility index (Phi) is 6.13. The minimum atomic E-state index is -4.40. The molecule has 37 heavy (non-hydrogen) atoms. The predicted octanol–water partition coefficient (Wildman–Crippen LogP) is 4.33. The first-order valence-corrected chi connectivity index (χ1v) is 12.3. The number of halogens is 3. The van der Waals surface area contributed by atoms with Crippen LogP contribution in [0.25, 0.3) is 0 Å². The van der Waals surface area contributed by atoms with Crippen LogP contribution < -0.4 is 10.6 Å². The van der Waals surface area contributed by atoms with E-state index in [1.54, 1.807) is 24.3 Å². The van der Waals surface area contributed by atoms with Gasteiger partial charge in [0.1, 0.15) is 5.11 Å². The van der Waals surface area contributed by atoms with E-state index in [2.05, 4.69) is 15.7 Å². The van der Waals surface area contributed by atoms with Crippen molar-refractivity contribution in [3.05, 3.63) is 102 Å². The fraction of sp³-hybridized carbons (Fsp3) is 0.280. The maximum Gasteiger partial charge on any atom is 0.416 e. The van der Waals surface area contributed by atoms with Gasteiger partial charge in [0.2, 0.25) is 0 Å². The molecule has 1 unspecified atom stereocenters. The number of alkyl halides is 3. The Morgan fingerprint density at radius 1 is 1.11 bits per heavy atom. The van der Waals surface area contributed by atoms with Crippen LogP contribution in [0.1, 0.15) is 60.8 Å². The van der Waals surface area contributed by atoms with E-state index in [1.807, 2.05) is 13.8 Å². The first-order chi connectivity index (χ1) is 17.5. The van der Waals surface area contributed by atoms with Crippen molar-refractivity contribution < 1.29 is 28.1 Å². The van der Waals surface area contributed by atoms with Gasteiger partial charge in [0.25, 0.3) is 5.91 Å². The second-order valence-electron chi connectivity index (χ2n) is 9.15. The molecule has 0 bridgehead atoms. The summed E-state index contributed by atoms with van der Waals surface area (Å²) in [6.07, 6.45) is -2.59. The highest BCUT2D eigenvalue weighted by atomic mass is 32.1. The van der Waals surface area contributed by atoms with Gasteiger partial charge in [0.05, 0.1) is 22.2 Å². The van der Waals surface area contributed by atoms with Crippen molar-refractivity contribution in [3.63, 3.8) is 0 Å². The molecule has 1 saturated carbocycles. The molecular formula is C25H22F3N5O3S. The first kappa shape index (κ1) is 25.1. The van der Waals surface area contributed by atoms with E-state index in [9.17, 15) is 28.4 Å².